The normalized spacial score (nSPS) is 15.3. The van der Waals surface area contributed by atoms with Gasteiger partial charge in [-0.25, -0.2) is 0 Å². The van der Waals surface area contributed by atoms with Gasteiger partial charge in [0.05, 0.1) is 13.2 Å². The molecule has 1 aromatic heterocycles. The lowest BCUT2D eigenvalue weighted by Crippen LogP contribution is -2.35. The summed E-state index contributed by atoms with van der Waals surface area (Å²) in [5, 5.41) is 4.00. The molecule has 0 spiro atoms. The van der Waals surface area contributed by atoms with E-state index >= 15 is 0 Å². The average Bonchev–Trinajstić information content (AvgIpc) is 3.06. The first kappa shape index (κ1) is 24.0. The molecular weight excluding hydrogens is 404 g/mol. The van der Waals surface area contributed by atoms with Crippen LogP contribution in [0.3, 0.4) is 0 Å². The first-order chi connectivity index (χ1) is 15.3. The Kier molecular flexibility index (Phi) is 8.47. The number of morpholine rings is 1. The Balaban J connectivity index is 1.58. The lowest BCUT2D eigenvalue weighted by Gasteiger charge is -2.26. The van der Waals surface area contributed by atoms with E-state index in [0.29, 0.717) is 11.5 Å². The molecule has 1 aliphatic heterocycles. The number of ether oxygens (including phenoxy) is 1. The molecule has 1 aromatic carbocycles. The molecule has 0 radical (unpaired) electrons. The van der Waals surface area contributed by atoms with Gasteiger partial charge in [-0.2, -0.15) is 0 Å². The molecule has 32 heavy (non-hydrogen) atoms. The molecule has 174 valence electrons. The van der Waals surface area contributed by atoms with Crippen LogP contribution in [0, 0.1) is 19.8 Å². The highest BCUT2D eigenvalue weighted by atomic mass is 16.6. The lowest BCUT2D eigenvalue weighted by atomic mass is 10.1. The number of ketones is 1. The van der Waals surface area contributed by atoms with Gasteiger partial charge in [0, 0.05) is 48.7 Å². The van der Waals surface area contributed by atoms with Gasteiger partial charge >= 0.3 is 0 Å². The molecule has 0 atom stereocenters. The molecule has 0 aliphatic carbocycles. The zero-order chi connectivity index (χ0) is 23.1. The summed E-state index contributed by atoms with van der Waals surface area (Å²) in [5.74, 6) is 0.791. The van der Waals surface area contributed by atoms with Crippen molar-refractivity contribution in [2.45, 2.75) is 47.2 Å². The van der Waals surface area contributed by atoms with Gasteiger partial charge in [0.25, 0.3) is 0 Å². The molecule has 1 saturated heterocycles. The number of carbonyl (C=O) groups is 1. The predicted molar refractivity (Wildman–Crippen MR) is 127 cm³/mol. The molecule has 0 unspecified atom stereocenters. The van der Waals surface area contributed by atoms with Crippen LogP contribution in [0.5, 0.6) is 0 Å². The number of hydrogen-bond acceptors (Lipinski definition) is 5. The molecule has 0 amide bonds. The predicted octanol–water partition coefficient (Wildman–Crippen LogP) is 3.50. The molecule has 0 bridgehead atoms. The minimum Gasteiger partial charge on any atom is -0.386 e. The number of aromatic nitrogens is 1. The van der Waals surface area contributed by atoms with E-state index in [9.17, 15) is 4.79 Å². The highest BCUT2D eigenvalue weighted by Gasteiger charge is 2.17. The molecule has 1 aliphatic rings. The molecule has 2 heterocycles. The van der Waals surface area contributed by atoms with E-state index in [1.165, 1.54) is 0 Å². The van der Waals surface area contributed by atoms with Crippen molar-refractivity contribution in [1.29, 1.82) is 0 Å². The zero-order valence-corrected chi connectivity index (χ0v) is 19.8. The number of aryl methyl sites for hydroxylation is 1. The van der Waals surface area contributed by atoms with Crippen LogP contribution in [0.4, 0.5) is 0 Å². The van der Waals surface area contributed by atoms with Crippen molar-refractivity contribution in [2.24, 2.45) is 16.8 Å². The second-order valence-electron chi connectivity index (χ2n) is 8.88. The molecule has 1 fully saturated rings. The summed E-state index contributed by atoms with van der Waals surface area (Å²) in [6.45, 7) is 13.4. The third kappa shape index (κ3) is 6.43. The minimum absolute atomic E-state index is 0.0912. The van der Waals surface area contributed by atoms with Crippen LogP contribution in [-0.2, 0) is 22.7 Å². The molecule has 0 saturated carbocycles. The Morgan fingerprint density at radius 1 is 1.22 bits per heavy atom. The Morgan fingerprint density at radius 3 is 2.69 bits per heavy atom. The first-order valence-electron chi connectivity index (χ1n) is 11.4. The molecule has 2 aromatic rings. The number of amidine groups is 1. The van der Waals surface area contributed by atoms with Gasteiger partial charge in [0.1, 0.15) is 0 Å². The summed E-state index contributed by atoms with van der Waals surface area (Å²) in [4.78, 5) is 20.4. The standard InChI is InChI=1S/C25H36N4O3/c1-18(2)8-9-29-19(3)14-23(20(29)4)24(30)17-32-27-25(26)22-7-5-6-21(15-22)16-28-10-12-31-13-11-28/h5-7,14-15,18H,8-13,16-17H2,1-4H3,(H2,26,27). The Hall–Kier alpha value is -2.64. The topological polar surface area (TPSA) is 82.1 Å². The van der Waals surface area contributed by atoms with Gasteiger partial charge in [0.15, 0.2) is 12.4 Å². The number of oxime groups is 1. The molecule has 7 heteroatoms. The number of benzene rings is 1. The van der Waals surface area contributed by atoms with Crippen LogP contribution >= 0.6 is 0 Å². The van der Waals surface area contributed by atoms with Crippen molar-refractivity contribution in [3.8, 4) is 0 Å². The van der Waals surface area contributed by atoms with Crippen molar-refractivity contribution in [3.63, 3.8) is 0 Å². The van der Waals surface area contributed by atoms with E-state index in [1.54, 1.807) is 0 Å². The Morgan fingerprint density at radius 2 is 1.97 bits per heavy atom. The van der Waals surface area contributed by atoms with Crippen molar-refractivity contribution < 1.29 is 14.4 Å². The summed E-state index contributed by atoms with van der Waals surface area (Å²) in [6.07, 6.45) is 1.08. The number of hydrogen-bond donors (Lipinski definition) is 1. The summed E-state index contributed by atoms with van der Waals surface area (Å²) in [6, 6.07) is 9.89. The van der Waals surface area contributed by atoms with E-state index in [1.807, 2.05) is 38.1 Å². The first-order valence-corrected chi connectivity index (χ1v) is 11.4. The fourth-order valence-corrected chi connectivity index (χ4v) is 3.95. The van der Waals surface area contributed by atoms with Gasteiger partial charge in [-0.15, -0.1) is 0 Å². The maximum atomic E-state index is 12.7. The number of carbonyl (C=O) groups excluding carboxylic acids is 1. The van der Waals surface area contributed by atoms with Crippen LogP contribution in [-0.4, -0.2) is 54.0 Å². The number of Topliss-reactive ketones (excluding diaryl/α,β-unsaturated/α-hetero) is 1. The average molecular weight is 441 g/mol. The summed E-state index contributed by atoms with van der Waals surface area (Å²) >= 11 is 0. The third-order valence-electron chi connectivity index (χ3n) is 5.90. The van der Waals surface area contributed by atoms with Crippen LogP contribution in [0.2, 0.25) is 0 Å². The zero-order valence-electron chi connectivity index (χ0n) is 19.8. The van der Waals surface area contributed by atoms with E-state index in [4.69, 9.17) is 15.3 Å². The monoisotopic (exact) mass is 440 g/mol. The van der Waals surface area contributed by atoms with Crippen molar-refractivity contribution in [3.05, 3.63) is 58.4 Å². The van der Waals surface area contributed by atoms with E-state index < -0.39 is 0 Å². The highest BCUT2D eigenvalue weighted by Crippen LogP contribution is 2.18. The van der Waals surface area contributed by atoms with Gasteiger partial charge in [-0.1, -0.05) is 37.2 Å². The third-order valence-corrected chi connectivity index (χ3v) is 5.90. The number of nitrogens with zero attached hydrogens (tertiary/aromatic N) is 3. The van der Waals surface area contributed by atoms with Crippen molar-refractivity contribution >= 4 is 11.6 Å². The fourth-order valence-electron chi connectivity index (χ4n) is 3.95. The fraction of sp³-hybridized carbons (Fsp3) is 0.520. The summed E-state index contributed by atoms with van der Waals surface area (Å²) < 4.78 is 7.60. The number of nitrogens with two attached hydrogens (primary N) is 1. The lowest BCUT2D eigenvalue weighted by molar-refractivity contribution is 0.0342. The SMILES string of the molecule is Cc1cc(C(=O)CO/N=C(/N)c2cccc(CN3CCOCC3)c2)c(C)n1CCC(C)C. The second kappa shape index (κ2) is 11.3. The maximum Gasteiger partial charge on any atom is 0.204 e. The van der Waals surface area contributed by atoms with Crippen LogP contribution in [0.25, 0.3) is 0 Å². The summed E-state index contributed by atoms with van der Waals surface area (Å²) in [7, 11) is 0. The van der Waals surface area contributed by atoms with E-state index in [2.05, 4.69) is 34.5 Å². The van der Waals surface area contributed by atoms with Gasteiger partial charge in [-0.05, 0) is 43.9 Å². The smallest absolute Gasteiger partial charge is 0.204 e. The largest absolute Gasteiger partial charge is 0.386 e. The quantitative estimate of drug-likeness (QED) is 0.265. The van der Waals surface area contributed by atoms with Crippen LogP contribution < -0.4 is 5.73 Å². The van der Waals surface area contributed by atoms with Crippen LogP contribution in [0.15, 0.2) is 35.5 Å². The minimum atomic E-state index is -0.136. The van der Waals surface area contributed by atoms with E-state index in [0.717, 1.165) is 68.3 Å². The Bertz CT molecular complexity index is 943. The van der Waals surface area contributed by atoms with Gasteiger partial charge in [0.2, 0.25) is 5.78 Å². The molecular formula is C25H36N4O3. The van der Waals surface area contributed by atoms with Crippen molar-refractivity contribution in [2.75, 3.05) is 32.9 Å². The number of rotatable bonds is 10. The van der Waals surface area contributed by atoms with Crippen LogP contribution in [0.1, 0.15) is 53.1 Å². The highest BCUT2D eigenvalue weighted by molar-refractivity contribution is 5.99. The molecule has 2 N–H and O–H groups in total. The summed E-state index contributed by atoms with van der Waals surface area (Å²) in [5.41, 5.74) is 10.8. The van der Waals surface area contributed by atoms with E-state index in [-0.39, 0.29) is 18.2 Å². The van der Waals surface area contributed by atoms with Gasteiger partial charge in [-0.3, -0.25) is 9.69 Å². The molecule has 7 nitrogen and oxygen atoms in total. The maximum absolute atomic E-state index is 12.7. The Labute approximate surface area is 191 Å². The van der Waals surface area contributed by atoms with Crippen molar-refractivity contribution in [1.82, 2.24) is 9.47 Å². The second-order valence-corrected chi connectivity index (χ2v) is 8.88. The van der Waals surface area contributed by atoms with Gasteiger partial charge < -0.3 is 19.9 Å². The molecule has 3 rings (SSSR count).